The molecule has 0 spiro atoms. The van der Waals surface area contributed by atoms with Crippen molar-refractivity contribution in [2.75, 3.05) is 39.3 Å². The van der Waals surface area contributed by atoms with Crippen molar-refractivity contribution in [3.8, 4) is 0 Å². The molecular formula is C18H29N3. The van der Waals surface area contributed by atoms with Crippen molar-refractivity contribution in [1.29, 1.82) is 0 Å². The minimum atomic E-state index is 0.311. The number of nitrogens with one attached hydrogen (secondary N) is 1. The fourth-order valence-corrected chi connectivity index (χ4v) is 3.66. The molecule has 1 saturated heterocycles. The van der Waals surface area contributed by atoms with E-state index in [9.17, 15) is 0 Å². The maximum atomic E-state index is 3.58. The number of rotatable bonds is 2. The Morgan fingerprint density at radius 2 is 1.81 bits per heavy atom. The van der Waals surface area contributed by atoms with Crippen LogP contribution in [0.2, 0.25) is 0 Å². The second-order valence-corrected chi connectivity index (χ2v) is 7.49. The van der Waals surface area contributed by atoms with E-state index in [-0.39, 0.29) is 0 Å². The Kier molecular flexibility index (Phi) is 4.34. The zero-order chi connectivity index (χ0) is 14.9. The van der Waals surface area contributed by atoms with Gasteiger partial charge in [-0.15, -0.1) is 0 Å². The van der Waals surface area contributed by atoms with Gasteiger partial charge in [-0.2, -0.15) is 0 Å². The molecule has 1 aromatic carbocycles. The van der Waals surface area contributed by atoms with Crippen LogP contribution in [0.1, 0.15) is 37.8 Å². The van der Waals surface area contributed by atoms with Gasteiger partial charge in [-0.1, -0.05) is 24.3 Å². The minimum Gasteiger partial charge on any atom is -0.312 e. The van der Waals surface area contributed by atoms with Crippen molar-refractivity contribution < 1.29 is 0 Å². The first-order valence-corrected chi connectivity index (χ1v) is 8.30. The summed E-state index contributed by atoms with van der Waals surface area (Å²) in [5.74, 6) is 0.649. The molecular weight excluding hydrogens is 258 g/mol. The van der Waals surface area contributed by atoms with Gasteiger partial charge in [0.2, 0.25) is 0 Å². The molecule has 21 heavy (non-hydrogen) atoms. The molecule has 1 aromatic rings. The van der Waals surface area contributed by atoms with E-state index in [0.29, 0.717) is 11.5 Å². The number of benzene rings is 1. The minimum absolute atomic E-state index is 0.311. The van der Waals surface area contributed by atoms with E-state index >= 15 is 0 Å². The molecule has 0 bridgehead atoms. The third-order valence-electron chi connectivity index (χ3n) is 5.00. The van der Waals surface area contributed by atoms with E-state index in [1.165, 1.54) is 38.3 Å². The largest absolute Gasteiger partial charge is 0.312 e. The summed E-state index contributed by atoms with van der Waals surface area (Å²) in [6.45, 7) is 15.1. The third kappa shape index (κ3) is 3.47. The lowest BCUT2D eigenvalue weighted by atomic mass is 9.90. The summed E-state index contributed by atoms with van der Waals surface area (Å²) < 4.78 is 0. The van der Waals surface area contributed by atoms with Crippen LogP contribution >= 0.6 is 0 Å². The smallest absolute Gasteiger partial charge is 0.0208 e. The summed E-state index contributed by atoms with van der Waals surface area (Å²) in [6.07, 6.45) is 0. The maximum absolute atomic E-state index is 3.58. The highest BCUT2D eigenvalue weighted by Crippen LogP contribution is 2.25. The van der Waals surface area contributed by atoms with Gasteiger partial charge in [0, 0.05) is 57.3 Å². The first-order valence-electron chi connectivity index (χ1n) is 8.30. The van der Waals surface area contributed by atoms with Gasteiger partial charge in [-0.05, 0) is 31.9 Å². The topological polar surface area (TPSA) is 18.5 Å². The zero-order valence-electron chi connectivity index (χ0n) is 13.7. The van der Waals surface area contributed by atoms with Crippen LogP contribution in [0, 0.1) is 0 Å². The molecule has 0 amide bonds. The second kappa shape index (κ2) is 6.07. The van der Waals surface area contributed by atoms with Crippen molar-refractivity contribution in [3.63, 3.8) is 0 Å². The molecule has 0 radical (unpaired) electrons. The van der Waals surface area contributed by atoms with Crippen molar-refractivity contribution in [2.24, 2.45) is 0 Å². The Morgan fingerprint density at radius 3 is 2.52 bits per heavy atom. The van der Waals surface area contributed by atoms with Crippen molar-refractivity contribution in [2.45, 2.75) is 38.8 Å². The first-order chi connectivity index (χ1) is 10.0. The molecule has 3 rings (SSSR count). The molecule has 0 aliphatic carbocycles. The molecule has 0 saturated carbocycles. The molecule has 1 fully saturated rings. The summed E-state index contributed by atoms with van der Waals surface area (Å²) in [7, 11) is 0. The zero-order valence-corrected chi connectivity index (χ0v) is 13.7. The van der Waals surface area contributed by atoms with E-state index in [4.69, 9.17) is 0 Å². The lowest BCUT2D eigenvalue weighted by Gasteiger charge is -2.43. The van der Waals surface area contributed by atoms with Crippen LogP contribution in [0.4, 0.5) is 0 Å². The standard InChI is InChI=1S/C18H29N3/c1-18(2,3)21-10-8-20(9-11-21)14-16-13-19-12-15-6-4-5-7-17(15)16/h4-7,16,19H,8-14H2,1-3H3. The summed E-state index contributed by atoms with van der Waals surface area (Å²) in [5, 5.41) is 3.58. The lowest BCUT2D eigenvalue weighted by Crippen LogP contribution is -2.54. The van der Waals surface area contributed by atoms with Crippen molar-refractivity contribution in [3.05, 3.63) is 35.4 Å². The molecule has 1 unspecified atom stereocenters. The highest BCUT2D eigenvalue weighted by atomic mass is 15.3. The summed E-state index contributed by atoms with van der Waals surface area (Å²) >= 11 is 0. The van der Waals surface area contributed by atoms with Crippen LogP contribution in [0.15, 0.2) is 24.3 Å². The van der Waals surface area contributed by atoms with Gasteiger partial charge in [-0.3, -0.25) is 4.90 Å². The van der Waals surface area contributed by atoms with Crippen molar-refractivity contribution >= 4 is 0 Å². The van der Waals surface area contributed by atoms with Crippen molar-refractivity contribution in [1.82, 2.24) is 15.1 Å². The maximum Gasteiger partial charge on any atom is 0.0208 e. The number of fused-ring (bicyclic) bond motifs is 1. The van der Waals surface area contributed by atoms with Gasteiger partial charge >= 0.3 is 0 Å². The number of piperazine rings is 1. The van der Waals surface area contributed by atoms with E-state index in [0.717, 1.165) is 13.1 Å². The molecule has 3 heteroatoms. The Labute approximate surface area is 129 Å². The van der Waals surface area contributed by atoms with E-state index in [1.54, 1.807) is 5.56 Å². The normalized spacial score (nSPS) is 24.8. The van der Waals surface area contributed by atoms with E-state index in [2.05, 4.69) is 60.2 Å². The van der Waals surface area contributed by atoms with E-state index in [1.807, 2.05) is 0 Å². The monoisotopic (exact) mass is 287 g/mol. The highest BCUT2D eigenvalue weighted by molar-refractivity contribution is 5.32. The number of hydrogen-bond donors (Lipinski definition) is 1. The predicted molar refractivity (Wildman–Crippen MR) is 88.7 cm³/mol. The average molecular weight is 287 g/mol. The van der Waals surface area contributed by atoms with Crippen LogP contribution < -0.4 is 5.32 Å². The van der Waals surface area contributed by atoms with Crippen LogP contribution in [0.25, 0.3) is 0 Å². The van der Waals surface area contributed by atoms with Gasteiger partial charge in [-0.25, -0.2) is 0 Å². The Bertz CT molecular complexity index is 470. The molecule has 1 N–H and O–H groups in total. The quantitative estimate of drug-likeness (QED) is 0.900. The average Bonchev–Trinajstić information content (AvgIpc) is 2.47. The van der Waals surface area contributed by atoms with Crippen LogP contribution in [-0.4, -0.2) is 54.6 Å². The molecule has 2 heterocycles. The number of hydrogen-bond acceptors (Lipinski definition) is 3. The Hall–Kier alpha value is -0.900. The molecule has 116 valence electrons. The van der Waals surface area contributed by atoms with Gasteiger partial charge in [0.25, 0.3) is 0 Å². The summed E-state index contributed by atoms with van der Waals surface area (Å²) in [6, 6.07) is 8.94. The summed E-state index contributed by atoms with van der Waals surface area (Å²) in [5.41, 5.74) is 3.36. The third-order valence-corrected chi connectivity index (χ3v) is 5.00. The number of nitrogens with zero attached hydrogens (tertiary/aromatic N) is 2. The molecule has 2 aliphatic heterocycles. The predicted octanol–water partition coefficient (Wildman–Crippen LogP) is 2.29. The Morgan fingerprint density at radius 1 is 1.10 bits per heavy atom. The fourth-order valence-electron chi connectivity index (χ4n) is 3.66. The fraction of sp³-hybridized carbons (Fsp3) is 0.667. The molecule has 1 atom stereocenters. The summed E-state index contributed by atoms with van der Waals surface area (Å²) in [4.78, 5) is 5.26. The molecule has 0 aromatic heterocycles. The van der Waals surface area contributed by atoms with Gasteiger partial charge in [0.05, 0.1) is 0 Å². The van der Waals surface area contributed by atoms with Gasteiger partial charge < -0.3 is 10.2 Å². The highest BCUT2D eigenvalue weighted by Gasteiger charge is 2.28. The Balaban J connectivity index is 1.59. The van der Waals surface area contributed by atoms with Gasteiger partial charge in [0.1, 0.15) is 0 Å². The first kappa shape index (κ1) is 15.0. The molecule has 2 aliphatic rings. The lowest BCUT2D eigenvalue weighted by molar-refractivity contribution is 0.0592. The van der Waals surface area contributed by atoms with Gasteiger partial charge in [0.15, 0.2) is 0 Å². The second-order valence-electron chi connectivity index (χ2n) is 7.49. The van der Waals surface area contributed by atoms with Crippen LogP contribution in [0.3, 0.4) is 0 Å². The SMILES string of the molecule is CC(C)(C)N1CCN(CC2CNCc3ccccc32)CC1. The van der Waals surface area contributed by atoms with E-state index < -0.39 is 0 Å². The van der Waals surface area contributed by atoms with Crippen LogP contribution in [-0.2, 0) is 6.54 Å². The molecule has 3 nitrogen and oxygen atoms in total. The van der Waals surface area contributed by atoms with Crippen LogP contribution in [0.5, 0.6) is 0 Å².